The molecule has 0 amide bonds. The first-order chi connectivity index (χ1) is 13.6. The first-order valence-corrected chi connectivity index (χ1v) is 12.9. The third kappa shape index (κ3) is 12.5. The van der Waals surface area contributed by atoms with Crippen LogP contribution in [-0.4, -0.2) is 22.4 Å². The fourth-order valence-electron chi connectivity index (χ4n) is 4.68. The second-order valence-corrected chi connectivity index (χ2v) is 9.30. The molecular weight excluding hydrogens is 344 g/mol. The molecule has 0 heterocycles. The molecule has 0 radical (unpaired) electrons. The fourth-order valence-corrected chi connectivity index (χ4v) is 4.68. The summed E-state index contributed by atoms with van der Waals surface area (Å²) >= 11 is 0. The van der Waals surface area contributed by atoms with Crippen molar-refractivity contribution < 1.29 is 10.2 Å². The molecule has 0 saturated carbocycles. The molecule has 0 rings (SSSR count). The molecular formula is C26H54O2. The largest absolute Gasteiger partial charge is 0.390 e. The molecule has 0 aliphatic rings. The summed E-state index contributed by atoms with van der Waals surface area (Å²) in [6.45, 7) is 8.99. The highest BCUT2D eigenvalue weighted by molar-refractivity contribution is 4.90. The maximum absolute atomic E-state index is 11.3. The Bertz CT molecular complexity index is 318. The topological polar surface area (TPSA) is 40.5 Å². The maximum Gasteiger partial charge on any atom is 0.0855 e. The van der Waals surface area contributed by atoms with E-state index in [1.54, 1.807) is 0 Å². The zero-order valence-electron chi connectivity index (χ0n) is 20.0. The van der Waals surface area contributed by atoms with Gasteiger partial charge in [0, 0.05) is 0 Å². The predicted octanol–water partition coefficient (Wildman–Crippen LogP) is 8.19. The Morgan fingerprint density at radius 2 is 0.893 bits per heavy atom. The van der Waals surface area contributed by atoms with Gasteiger partial charge in [-0.1, -0.05) is 124 Å². The number of rotatable bonds is 21. The van der Waals surface area contributed by atoms with Gasteiger partial charge in [-0.3, -0.25) is 0 Å². The molecule has 0 spiro atoms. The monoisotopic (exact) mass is 398 g/mol. The second kappa shape index (κ2) is 18.9. The third-order valence-electron chi connectivity index (χ3n) is 6.68. The molecule has 2 heteroatoms. The molecule has 0 aromatic carbocycles. The lowest BCUT2D eigenvalue weighted by Crippen LogP contribution is -2.43. The third-order valence-corrected chi connectivity index (χ3v) is 6.68. The predicted molar refractivity (Wildman–Crippen MR) is 125 cm³/mol. The quantitative estimate of drug-likeness (QED) is 0.191. The van der Waals surface area contributed by atoms with Crippen molar-refractivity contribution in [1.82, 2.24) is 0 Å². The highest BCUT2D eigenvalue weighted by Crippen LogP contribution is 2.42. The lowest BCUT2D eigenvalue weighted by molar-refractivity contribution is -0.0835. The van der Waals surface area contributed by atoms with E-state index >= 15 is 0 Å². The minimum absolute atomic E-state index is 0.0689. The fraction of sp³-hybridized carbons (Fsp3) is 1.00. The van der Waals surface area contributed by atoms with Crippen LogP contribution in [0.1, 0.15) is 150 Å². The standard InChI is InChI=1S/C26H54O2/c1-5-9-13-15-16-17-20-24(27)25(28)26(21-12-8-4,22-18-11-7-3)23-19-14-10-6-2/h24-25,27-28H,5-23H2,1-4H3. The van der Waals surface area contributed by atoms with Crippen LogP contribution in [0.2, 0.25) is 0 Å². The van der Waals surface area contributed by atoms with Crippen LogP contribution in [0.25, 0.3) is 0 Å². The summed E-state index contributed by atoms with van der Waals surface area (Å²) in [6.07, 6.45) is 21.3. The van der Waals surface area contributed by atoms with Crippen LogP contribution >= 0.6 is 0 Å². The number of hydrogen-bond donors (Lipinski definition) is 2. The van der Waals surface area contributed by atoms with Crippen molar-refractivity contribution >= 4 is 0 Å². The van der Waals surface area contributed by atoms with Gasteiger partial charge in [-0.2, -0.15) is 0 Å². The number of unbranched alkanes of at least 4 members (excludes halogenated alkanes) is 11. The zero-order valence-corrected chi connectivity index (χ0v) is 20.0. The van der Waals surface area contributed by atoms with Gasteiger partial charge < -0.3 is 10.2 Å². The first-order valence-electron chi connectivity index (χ1n) is 12.9. The Labute approximate surface area is 177 Å². The molecule has 2 nitrogen and oxygen atoms in total. The molecule has 0 fully saturated rings. The molecule has 0 bridgehead atoms. The molecule has 2 N–H and O–H groups in total. The highest BCUT2D eigenvalue weighted by atomic mass is 16.3. The van der Waals surface area contributed by atoms with E-state index in [-0.39, 0.29) is 5.41 Å². The summed E-state index contributed by atoms with van der Waals surface area (Å²) in [5.41, 5.74) is -0.0689. The van der Waals surface area contributed by atoms with Gasteiger partial charge in [-0.25, -0.2) is 0 Å². The van der Waals surface area contributed by atoms with E-state index in [1.165, 1.54) is 89.9 Å². The van der Waals surface area contributed by atoms with Crippen molar-refractivity contribution in [3.8, 4) is 0 Å². The Balaban J connectivity index is 4.85. The van der Waals surface area contributed by atoms with Gasteiger partial charge in [-0.15, -0.1) is 0 Å². The summed E-state index contributed by atoms with van der Waals surface area (Å²) in [4.78, 5) is 0. The van der Waals surface area contributed by atoms with E-state index in [0.29, 0.717) is 0 Å². The lowest BCUT2D eigenvalue weighted by atomic mass is 9.68. The van der Waals surface area contributed by atoms with Gasteiger partial charge in [0.1, 0.15) is 0 Å². The number of aliphatic hydroxyl groups is 2. The maximum atomic E-state index is 11.3. The molecule has 0 saturated heterocycles. The Morgan fingerprint density at radius 1 is 0.500 bits per heavy atom. The molecule has 3 unspecified atom stereocenters. The van der Waals surface area contributed by atoms with E-state index in [2.05, 4.69) is 27.7 Å². The van der Waals surface area contributed by atoms with E-state index in [0.717, 1.165) is 32.1 Å². The molecule has 28 heavy (non-hydrogen) atoms. The van der Waals surface area contributed by atoms with Crippen LogP contribution in [-0.2, 0) is 0 Å². The molecule has 0 aromatic rings. The van der Waals surface area contributed by atoms with Gasteiger partial charge in [0.2, 0.25) is 0 Å². The average Bonchev–Trinajstić information content (AvgIpc) is 2.71. The van der Waals surface area contributed by atoms with Crippen LogP contribution in [0.5, 0.6) is 0 Å². The Morgan fingerprint density at radius 3 is 1.46 bits per heavy atom. The lowest BCUT2D eigenvalue weighted by Gasteiger charge is -2.41. The van der Waals surface area contributed by atoms with Crippen LogP contribution in [0.15, 0.2) is 0 Å². The highest BCUT2D eigenvalue weighted by Gasteiger charge is 2.39. The minimum Gasteiger partial charge on any atom is -0.390 e. The smallest absolute Gasteiger partial charge is 0.0855 e. The summed E-state index contributed by atoms with van der Waals surface area (Å²) in [5, 5.41) is 22.2. The molecule has 0 aromatic heterocycles. The van der Waals surface area contributed by atoms with Crippen molar-refractivity contribution in [2.75, 3.05) is 0 Å². The van der Waals surface area contributed by atoms with Gasteiger partial charge in [0.15, 0.2) is 0 Å². The van der Waals surface area contributed by atoms with Gasteiger partial charge in [0.05, 0.1) is 12.2 Å². The molecule has 170 valence electrons. The first kappa shape index (κ1) is 27.9. The van der Waals surface area contributed by atoms with Crippen molar-refractivity contribution in [3.05, 3.63) is 0 Å². The van der Waals surface area contributed by atoms with Gasteiger partial charge >= 0.3 is 0 Å². The molecule has 0 aliphatic heterocycles. The van der Waals surface area contributed by atoms with Crippen LogP contribution in [0, 0.1) is 5.41 Å². The van der Waals surface area contributed by atoms with Gasteiger partial charge in [0.25, 0.3) is 0 Å². The summed E-state index contributed by atoms with van der Waals surface area (Å²) < 4.78 is 0. The van der Waals surface area contributed by atoms with E-state index < -0.39 is 12.2 Å². The van der Waals surface area contributed by atoms with Crippen LogP contribution in [0.3, 0.4) is 0 Å². The van der Waals surface area contributed by atoms with Crippen molar-refractivity contribution in [2.24, 2.45) is 5.41 Å². The Hall–Kier alpha value is -0.0800. The molecule has 0 aliphatic carbocycles. The Kier molecular flexibility index (Phi) is 18.9. The van der Waals surface area contributed by atoms with Crippen molar-refractivity contribution in [2.45, 2.75) is 162 Å². The minimum atomic E-state index is -0.548. The average molecular weight is 399 g/mol. The summed E-state index contributed by atoms with van der Waals surface area (Å²) in [7, 11) is 0. The van der Waals surface area contributed by atoms with Crippen molar-refractivity contribution in [1.29, 1.82) is 0 Å². The van der Waals surface area contributed by atoms with E-state index in [9.17, 15) is 10.2 Å². The summed E-state index contributed by atoms with van der Waals surface area (Å²) in [5.74, 6) is 0. The van der Waals surface area contributed by atoms with E-state index in [4.69, 9.17) is 0 Å². The zero-order chi connectivity index (χ0) is 21.1. The van der Waals surface area contributed by atoms with Gasteiger partial charge in [-0.05, 0) is 31.1 Å². The number of aliphatic hydroxyl groups excluding tert-OH is 2. The van der Waals surface area contributed by atoms with Crippen LogP contribution < -0.4 is 0 Å². The molecule has 3 atom stereocenters. The number of hydrogen-bond acceptors (Lipinski definition) is 2. The van der Waals surface area contributed by atoms with Crippen molar-refractivity contribution in [3.63, 3.8) is 0 Å². The van der Waals surface area contributed by atoms with E-state index in [1.807, 2.05) is 0 Å². The summed E-state index contributed by atoms with van der Waals surface area (Å²) in [6, 6.07) is 0. The normalized spacial score (nSPS) is 16.1. The SMILES string of the molecule is CCCCCCCCC(O)C(O)C(CCCC)(CCCCC)CCCCCC. The second-order valence-electron chi connectivity index (χ2n) is 9.30. The van der Waals surface area contributed by atoms with Crippen LogP contribution in [0.4, 0.5) is 0 Å².